The lowest BCUT2D eigenvalue weighted by Gasteiger charge is -2.15. The van der Waals surface area contributed by atoms with Crippen molar-refractivity contribution in [1.82, 2.24) is 5.32 Å². The van der Waals surface area contributed by atoms with Crippen LogP contribution in [-0.2, 0) is 0 Å². The number of hydrogen-bond acceptors (Lipinski definition) is 5. The number of ether oxygens (including phenoxy) is 1. The van der Waals surface area contributed by atoms with E-state index in [-0.39, 0.29) is 22.9 Å². The average molecular weight is 357 g/mol. The molecule has 1 amide bonds. The van der Waals surface area contributed by atoms with Gasteiger partial charge in [-0.3, -0.25) is 14.9 Å². The third-order valence-electron chi connectivity index (χ3n) is 3.67. The van der Waals surface area contributed by atoms with E-state index in [9.17, 15) is 14.9 Å². The minimum atomic E-state index is -0.536. The minimum absolute atomic E-state index is 0.102. The molecule has 0 spiro atoms. The van der Waals surface area contributed by atoms with E-state index in [4.69, 9.17) is 4.74 Å². The van der Waals surface area contributed by atoms with Crippen LogP contribution in [0.1, 0.15) is 37.0 Å². The van der Waals surface area contributed by atoms with Crippen LogP contribution in [0.4, 0.5) is 11.4 Å². The second kappa shape index (κ2) is 9.41. The Morgan fingerprint density at radius 2 is 1.92 bits per heavy atom. The number of amides is 1. The summed E-state index contributed by atoms with van der Waals surface area (Å²) in [6, 6.07) is 11.7. The van der Waals surface area contributed by atoms with E-state index in [0.29, 0.717) is 24.5 Å². The molecule has 0 heterocycles. The zero-order chi connectivity index (χ0) is 18.9. The van der Waals surface area contributed by atoms with Crippen molar-refractivity contribution in [2.75, 3.05) is 18.4 Å². The van der Waals surface area contributed by atoms with Gasteiger partial charge in [0.05, 0.1) is 10.6 Å². The smallest absolute Gasteiger partial charge is 0.314 e. The number of carbonyl (C=O) groups excluding carboxylic acids is 1. The molecule has 7 nitrogen and oxygen atoms in total. The molecule has 26 heavy (non-hydrogen) atoms. The fourth-order valence-corrected chi connectivity index (χ4v) is 2.39. The summed E-state index contributed by atoms with van der Waals surface area (Å²) in [4.78, 5) is 23.2. The van der Waals surface area contributed by atoms with Crippen LogP contribution in [0, 0.1) is 10.1 Å². The molecule has 2 N–H and O–H groups in total. The maximum atomic E-state index is 12.2. The number of benzene rings is 2. The summed E-state index contributed by atoms with van der Waals surface area (Å²) in [6.07, 6.45) is 1.87. The highest BCUT2D eigenvalue weighted by Crippen LogP contribution is 2.39. The summed E-state index contributed by atoms with van der Waals surface area (Å²) in [5, 5.41) is 17.4. The summed E-state index contributed by atoms with van der Waals surface area (Å²) in [7, 11) is 0. The van der Waals surface area contributed by atoms with Crippen molar-refractivity contribution in [3.05, 3.63) is 58.1 Å². The first kappa shape index (κ1) is 19.2. The fourth-order valence-electron chi connectivity index (χ4n) is 2.39. The van der Waals surface area contributed by atoms with Crippen molar-refractivity contribution in [3.8, 4) is 11.5 Å². The largest absolute Gasteiger partial charge is 0.448 e. The van der Waals surface area contributed by atoms with Gasteiger partial charge in [-0.15, -0.1) is 0 Å². The Balaban J connectivity index is 2.49. The number of unbranched alkanes of at least 4 members (excludes halogenated alkanes) is 1. The molecule has 0 aliphatic heterocycles. The summed E-state index contributed by atoms with van der Waals surface area (Å²) >= 11 is 0. The Morgan fingerprint density at radius 1 is 1.19 bits per heavy atom. The molecular weight excluding hydrogens is 334 g/mol. The van der Waals surface area contributed by atoms with E-state index < -0.39 is 4.92 Å². The van der Waals surface area contributed by atoms with Crippen molar-refractivity contribution in [1.29, 1.82) is 0 Å². The summed E-state index contributed by atoms with van der Waals surface area (Å²) in [5.41, 5.74) is 0.396. The third-order valence-corrected chi connectivity index (χ3v) is 3.67. The van der Waals surface area contributed by atoms with Gasteiger partial charge in [-0.1, -0.05) is 31.5 Å². The standard InChI is InChI=1S/C19H23N3O4/c1-3-5-11-21-16-12-14(19(23)20-4-2)13-17(22(24)25)18(16)26-15-9-7-6-8-10-15/h6-10,12-13,21H,3-5,11H2,1-2H3,(H,20,23). The van der Waals surface area contributed by atoms with Crippen LogP contribution < -0.4 is 15.4 Å². The molecule has 0 radical (unpaired) electrons. The minimum Gasteiger partial charge on any atom is -0.448 e. The number of rotatable bonds is 9. The number of para-hydroxylation sites is 1. The Hall–Kier alpha value is -3.09. The summed E-state index contributed by atoms with van der Waals surface area (Å²) in [5.74, 6) is 0.227. The number of anilines is 1. The van der Waals surface area contributed by atoms with E-state index >= 15 is 0 Å². The van der Waals surface area contributed by atoms with Gasteiger partial charge in [0.2, 0.25) is 5.75 Å². The molecule has 0 aliphatic carbocycles. The average Bonchev–Trinajstić information content (AvgIpc) is 2.63. The SMILES string of the molecule is CCCCNc1cc(C(=O)NCC)cc([N+](=O)[O-])c1Oc1ccccc1. The topological polar surface area (TPSA) is 93.5 Å². The second-order valence-electron chi connectivity index (χ2n) is 5.68. The number of hydrogen-bond donors (Lipinski definition) is 2. The van der Waals surface area contributed by atoms with Gasteiger partial charge in [-0.05, 0) is 31.5 Å². The molecular formula is C19H23N3O4. The normalized spacial score (nSPS) is 10.2. The van der Waals surface area contributed by atoms with Gasteiger partial charge in [-0.2, -0.15) is 0 Å². The number of nitrogens with one attached hydrogen (secondary N) is 2. The highest BCUT2D eigenvalue weighted by atomic mass is 16.6. The third kappa shape index (κ3) is 4.95. The number of carbonyl (C=O) groups is 1. The zero-order valence-electron chi connectivity index (χ0n) is 15.0. The zero-order valence-corrected chi connectivity index (χ0v) is 15.0. The van der Waals surface area contributed by atoms with Crippen LogP contribution in [0.3, 0.4) is 0 Å². The van der Waals surface area contributed by atoms with Crippen molar-refractivity contribution < 1.29 is 14.5 Å². The Bertz CT molecular complexity index is 763. The maximum absolute atomic E-state index is 12.2. The van der Waals surface area contributed by atoms with Gasteiger partial charge in [0.1, 0.15) is 5.75 Å². The molecule has 7 heteroatoms. The van der Waals surface area contributed by atoms with Crippen molar-refractivity contribution >= 4 is 17.3 Å². The van der Waals surface area contributed by atoms with Gasteiger partial charge in [0.25, 0.3) is 5.91 Å². The number of nitrogens with zero attached hydrogens (tertiary/aromatic N) is 1. The van der Waals surface area contributed by atoms with Crippen LogP contribution in [0.5, 0.6) is 11.5 Å². The fraction of sp³-hybridized carbons (Fsp3) is 0.316. The molecule has 2 aromatic carbocycles. The molecule has 0 fully saturated rings. The predicted octanol–water partition coefficient (Wildman–Crippen LogP) is 4.35. The van der Waals surface area contributed by atoms with Crippen LogP contribution in [0.15, 0.2) is 42.5 Å². The van der Waals surface area contributed by atoms with Gasteiger partial charge in [0, 0.05) is 24.7 Å². The molecule has 0 aromatic heterocycles. The van der Waals surface area contributed by atoms with Crippen molar-refractivity contribution in [2.45, 2.75) is 26.7 Å². The summed E-state index contributed by atoms with van der Waals surface area (Å²) in [6.45, 7) is 4.90. The lowest BCUT2D eigenvalue weighted by Crippen LogP contribution is -2.23. The lowest BCUT2D eigenvalue weighted by atomic mass is 10.1. The van der Waals surface area contributed by atoms with Crippen molar-refractivity contribution in [2.24, 2.45) is 0 Å². The van der Waals surface area contributed by atoms with Crippen molar-refractivity contribution in [3.63, 3.8) is 0 Å². The first-order valence-electron chi connectivity index (χ1n) is 8.64. The van der Waals surface area contributed by atoms with Gasteiger partial charge >= 0.3 is 5.69 Å². The highest BCUT2D eigenvalue weighted by Gasteiger charge is 2.24. The van der Waals surface area contributed by atoms with Crippen LogP contribution in [0.2, 0.25) is 0 Å². The Labute approximate surface area is 152 Å². The first-order chi connectivity index (χ1) is 12.6. The highest BCUT2D eigenvalue weighted by molar-refractivity contribution is 5.97. The van der Waals surface area contributed by atoms with E-state index in [1.54, 1.807) is 37.3 Å². The second-order valence-corrected chi connectivity index (χ2v) is 5.68. The molecule has 0 aliphatic rings. The van der Waals surface area contributed by atoms with E-state index in [1.807, 2.05) is 6.07 Å². The predicted molar refractivity (Wildman–Crippen MR) is 101 cm³/mol. The molecule has 0 atom stereocenters. The van der Waals surface area contributed by atoms with Gasteiger partial charge in [-0.25, -0.2) is 0 Å². The van der Waals surface area contributed by atoms with E-state index in [2.05, 4.69) is 17.6 Å². The molecule has 0 saturated carbocycles. The Kier molecular flexibility index (Phi) is 6.96. The lowest BCUT2D eigenvalue weighted by molar-refractivity contribution is -0.385. The van der Waals surface area contributed by atoms with E-state index in [1.165, 1.54) is 6.07 Å². The summed E-state index contributed by atoms with van der Waals surface area (Å²) < 4.78 is 5.79. The van der Waals surface area contributed by atoms with Gasteiger partial charge < -0.3 is 15.4 Å². The number of nitro groups is 1. The molecule has 0 saturated heterocycles. The molecule has 0 unspecified atom stereocenters. The van der Waals surface area contributed by atoms with Crippen LogP contribution in [-0.4, -0.2) is 23.9 Å². The molecule has 0 bridgehead atoms. The molecule has 138 valence electrons. The first-order valence-corrected chi connectivity index (χ1v) is 8.64. The maximum Gasteiger partial charge on any atom is 0.314 e. The van der Waals surface area contributed by atoms with Gasteiger partial charge in [0.15, 0.2) is 0 Å². The van der Waals surface area contributed by atoms with Crippen LogP contribution in [0.25, 0.3) is 0 Å². The van der Waals surface area contributed by atoms with E-state index in [0.717, 1.165) is 12.8 Å². The van der Waals surface area contributed by atoms with Crippen LogP contribution >= 0.6 is 0 Å². The molecule has 2 rings (SSSR count). The quantitative estimate of drug-likeness (QED) is 0.395. The number of nitro benzene ring substituents is 1. The Morgan fingerprint density at radius 3 is 2.54 bits per heavy atom. The monoisotopic (exact) mass is 357 g/mol. The molecule has 2 aromatic rings.